The highest BCUT2D eigenvalue weighted by Gasteiger charge is 2.22. The number of thiophene rings is 1. The van der Waals surface area contributed by atoms with Gasteiger partial charge in [-0.2, -0.15) is 0 Å². The van der Waals surface area contributed by atoms with Gasteiger partial charge in [0, 0.05) is 48.0 Å². The molecule has 2 nitrogen and oxygen atoms in total. The number of rotatable bonds is 4. The van der Waals surface area contributed by atoms with E-state index >= 15 is 0 Å². The Balaban J connectivity index is 1.18. The molecule has 3 heteroatoms. The second-order valence-electron chi connectivity index (χ2n) is 14.1. The van der Waals surface area contributed by atoms with Gasteiger partial charge in [0.2, 0.25) is 0 Å². The third-order valence-corrected chi connectivity index (χ3v) is 12.4. The van der Waals surface area contributed by atoms with Crippen LogP contribution in [0.25, 0.3) is 108 Å². The first-order chi connectivity index (χ1) is 26.2. The van der Waals surface area contributed by atoms with E-state index in [4.69, 9.17) is 8.83 Å². The van der Waals surface area contributed by atoms with Crippen LogP contribution >= 0.6 is 11.3 Å². The standard InChI is InChI=1S/C50H32O2S/c1-29-25-51-27-43(29)48-35-14-5-3-12-33(35)46(34-13-4-6-15-36(34)48)31-22-23-32-41-20-11-21-42(50(41)53-45(32)24-31)47-37-16-7-9-18-39(37)49(44-28-52-26-30(44)2)40-19-10-8-17-38(40)47/h3-28H,1-2H3. The fraction of sp³-hybridized carbons (Fsp3) is 0.0400. The summed E-state index contributed by atoms with van der Waals surface area (Å²) in [4.78, 5) is 0. The molecule has 0 amide bonds. The van der Waals surface area contributed by atoms with Crippen molar-refractivity contribution in [3.8, 4) is 44.5 Å². The Kier molecular flexibility index (Phi) is 6.58. The molecule has 0 aliphatic heterocycles. The maximum Gasteiger partial charge on any atom is 0.0984 e. The lowest BCUT2D eigenvalue weighted by molar-refractivity contribution is 0.566. The molecule has 0 aliphatic rings. The zero-order valence-electron chi connectivity index (χ0n) is 29.2. The molecule has 0 spiro atoms. The lowest BCUT2D eigenvalue weighted by Crippen LogP contribution is -1.91. The smallest absolute Gasteiger partial charge is 0.0984 e. The fourth-order valence-corrected chi connectivity index (χ4v) is 10.1. The van der Waals surface area contributed by atoms with Crippen molar-refractivity contribution >= 4 is 74.6 Å². The zero-order valence-corrected chi connectivity index (χ0v) is 30.1. The first kappa shape index (κ1) is 30.2. The van der Waals surface area contributed by atoms with E-state index in [0.717, 1.165) is 22.3 Å². The molecule has 8 aromatic carbocycles. The molecule has 0 bridgehead atoms. The zero-order chi connectivity index (χ0) is 35.2. The molecule has 0 atom stereocenters. The summed E-state index contributed by atoms with van der Waals surface area (Å²) in [5.74, 6) is 0. The van der Waals surface area contributed by atoms with Gasteiger partial charge in [0.15, 0.2) is 0 Å². The van der Waals surface area contributed by atoms with Crippen LogP contribution in [0, 0.1) is 13.8 Å². The van der Waals surface area contributed by atoms with Crippen LogP contribution in [0.5, 0.6) is 0 Å². The lowest BCUT2D eigenvalue weighted by Gasteiger charge is -2.17. The highest BCUT2D eigenvalue weighted by molar-refractivity contribution is 7.26. The molecule has 0 aliphatic carbocycles. The second kappa shape index (κ2) is 11.5. The summed E-state index contributed by atoms with van der Waals surface area (Å²) in [6, 6.07) is 49.3. The predicted molar refractivity (Wildman–Crippen MR) is 225 cm³/mol. The minimum Gasteiger partial charge on any atom is -0.472 e. The van der Waals surface area contributed by atoms with E-state index < -0.39 is 0 Å². The Morgan fingerprint density at radius 1 is 0.358 bits per heavy atom. The van der Waals surface area contributed by atoms with Gasteiger partial charge >= 0.3 is 0 Å². The predicted octanol–water partition coefficient (Wildman–Crippen LogP) is 15.1. The van der Waals surface area contributed by atoms with E-state index in [0.29, 0.717) is 0 Å². The Bertz CT molecular complexity index is 3150. The monoisotopic (exact) mass is 696 g/mol. The average Bonchev–Trinajstić information content (AvgIpc) is 3.93. The largest absolute Gasteiger partial charge is 0.472 e. The molecular weight excluding hydrogens is 665 g/mol. The topological polar surface area (TPSA) is 26.3 Å². The third kappa shape index (κ3) is 4.38. The molecule has 0 saturated carbocycles. The normalized spacial score (nSPS) is 12.0. The summed E-state index contributed by atoms with van der Waals surface area (Å²) in [6.07, 6.45) is 7.48. The summed E-state index contributed by atoms with van der Waals surface area (Å²) in [6.45, 7) is 4.25. The second-order valence-corrected chi connectivity index (χ2v) is 15.2. The molecular formula is C50H32O2S. The third-order valence-electron chi connectivity index (χ3n) is 11.2. The SMILES string of the molecule is Cc1cocc1-c1c2ccccc2c(-c2ccc3c(c2)sc2c(-c4c5ccccc5c(-c5cocc5C)c5ccccc45)cccc23)c2ccccc12. The minimum atomic E-state index is 1.14. The van der Waals surface area contributed by atoms with Gasteiger partial charge in [0.05, 0.1) is 25.1 Å². The van der Waals surface area contributed by atoms with E-state index in [1.165, 1.54) is 96.6 Å². The van der Waals surface area contributed by atoms with Crippen molar-refractivity contribution in [2.45, 2.75) is 13.8 Å². The van der Waals surface area contributed by atoms with Crippen molar-refractivity contribution in [1.82, 2.24) is 0 Å². The molecule has 11 rings (SSSR count). The van der Waals surface area contributed by atoms with Crippen LogP contribution in [0.1, 0.15) is 11.1 Å². The molecule has 3 heterocycles. The summed E-state index contributed by atoms with van der Waals surface area (Å²) in [5, 5.41) is 12.5. The van der Waals surface area contributed by atoms with Gasteiger partial charge in [-0.3, -0.25) is 0 Å². The molecule has 0 saturated heterocycles. The molecule has 3 aromatic heterocycles. The number of aryl methyl sites for hydroxylation is 2. The van der Waals surface area contributed by atoms with Crippen LogP contribution in [-0.4, -0.2) is 0 Å². The molecule has 0 radical (unpaired) electrons. The van der Waals surface area contributed by atoms with Crippen LogP contribution in [0.2, 0.25) is 0 Å². The van der Waals surface area contributed by atoms with Gasteiger partial charge < -0.3 is 8.83 Å². The lowest BCUT2D eigenvalue weighted by atomic mass is 9.85. The van der Waals surface area contributed by atoms with Gasteiger partial charge in [0.25, 0.3) is 0 Å². The first-order valence-electron chi connectivity index (χ1n) is 18.0. The van der Waals surface area contributed by atoms with Crippen molar-refractivity contribution in [3.05, 3.63) is 170 Å². The number of benzene rings is 8. The van der Waals surface area contributed by atoms with Crippen molar-refractivity contribution in [1.29, 1.82) is 0 Å². The molecule has 250 valence electrons. The van der Waals surface area contributed by atoms with Crippen molar-refractivity contribution in [2.24, 2.45) is 0 Å². The summed E-state index contributed by atoms with van der Waals surface area (Å²) < 4.78 is 14.0. The minimum absolute atomic E-state index is 1.14. The van der Waals surface area contributed by atoms with Crippen LogP contribution in [-0.2, 0) is 0 Å². The maximum absolute atomic E-state index is 5.72. The molecule has 0 N–H and O–H groups in total. The van der Waals surface area contributed by atoms with Crippen molar-refractivity contribution < 1.29 is 8.83 Å². The number of fused-ring (bicyclic) bond motifs is 7. The van der Waals surface area contributed by atoms with Gasteiger partial charge in [0.1, 0.15) is 0 Å². The quantitative estimate of drug-likeness (QED) is 0.171. The fourth-order valence-electron chi connectivity index (χ4n) is 8.82. The number of hydrogen-bond donors (Lipinski definition) is 0. The maximum atomic E-state index is 5.72. The van der Waals surface area contributed by atoms with Gasteiger partial charge in [-0.05, 0) is 90.8 Å². The molecule has 53 heavy (non-hydrogen) atoms. The summed E-state index contributed by atoms with van der Waals surface area (Å²) >= 11 is 1.90. The number of hydrogen-bond acceptors (Lipinski definition) is 3. The molecule has 11 aromatic rings. The van der Waals surface area contributed by atoms with Crippen LogP contribution in [0.15, 0.2) is 167 Å². The van der Waals surface area contributed by atoms with Crippen LogP contribution < -0.4 is 0 Å². The van der Waals surface area contributed by atoms with E-state index in [1.54, 1.807) is 0 Å². The number of furan rings is 2. The average molecular weight is 697 g/mol. The molecule has 0 unspecified atom stereocenters. The highest BCUT2D eigenvalue weighted by atomic mass is 32.1. The first-order valence-corrected chi connectivity index (χ1v) is 18.9. The Morgan fingerprint density at radius 3 is 1.21 bits per heavy atom. The Morgan fingerprint density at radius 2 is 0.774 bits per heavy atom. The summed E-state index contributed by atoms with van der Waals surface area (Å²) in [7, 11) is 0. The van der Waals surface area contributed by atoms with Gasteiger partial charge in [-0.15, -0.1) is 11.3 Å². The summed E-state index contributed by atoms with van der Waals surface area (Å²) in [5.41, 5.74) is 12.1. The van der Waals surface area contributed by atoms with Crippen molar-refractivity contribution in [2.75, 3.05) is 0 Å². The Hall–Kier alpha value is -6.42. The van der Waals surface area contributed by atoms with Crippen molar-refractivity contribution in [3.63, 3.8) is 0 Å². The molecule has 0 fully saturated rings. The van der Waals surface area contributed by atoms with Crippen LogP contribution in [0.4, 0.5) is 0 Å². The van der Waals surface area contributed by atoms with Gasteiger partial charge in [-0.25, -0.2) is 0 Å². The van der Waals surface area contributed by atoms with Crippen LogP contribution in [0.3, 0.4) is 0 Å². The van der Waals surface area contributed by atoms with E-state index in [1.807, 2.05) is 36.4 Å². The Labute approximate surface area is 310 Å². The van der Waals surface area contributed by atoms with E-state index in [2.05, 4.69) is 147 Å². The van der Waals surface area contributed by atoms with E-state index in [-0.39, 0.29) is 0 Å². The highest BCUT2D eigenvalue weighted by Crippen LogP contribution is 2.50. The van der Waals surface area contributed by atoms with Gasteiger partial charge in [-0.1, -0.05) is 127 Å². The van der Waals surface area contributed by atoms with E-state index in [9.17, 15) is 0 Å².